The highest BCUT2D eigenvalue weighted by molar-refractivity contribution is 6.58. The highest BCUT2D eigenvalue weighted by Crippen LogP contribution is 2.17. The molecule has 3 nitrogen and oxygen atoms in total. The van der Waals surface area contributed by atoms with Gasteiger partial charge in [0.15, 0.2) is 0 Å². The molecule has 4 heteroatoms. The van der Waals surface area contributed by atoms with Gasteiger partial charge in [-0.05, 0) is 29.6 Å². The molecule has 0 radical (unpaired) electrons. The van der Waals surface area contributed by atoms with Crippen molar-refractivity contribution in [2.75, 3.05) is 0 Å². The molecule has 0 saturated carbocycles. The van der Waals surface area contributed by atoms with Crippen LogP contribution in [0.1, 0.15) is 5.56 Å². The van der Waals surface area contributed by atoms with Crippen molar-refractivity contribution in [1.82, 2.24) is 4.98 Å². The Kier molecular flexibility index (Phi) is 3.03. The minimum absolute atomic E-state index is 0.490. The average Bonchev–Trinajstić information content (AvgIpc) is 2.29. The third-order valence-corrected chi connectivity index (χ3v) is 2.42. The fourth-order valence-corrected chi connectivity index (χ4v) is 1.56. The van der Waals surface area contributed by atoms with Crippen LogP contribution in [0, 0.1) is 6.92 Å². The van der Waals surface area contributed by atoms with E-state index in [-0.39, 0.29) is 0 Å². The second kappa shape index (κ2) is 4.47. The monoisotopic (exact) mass is 213 g/mol. The number of aromatic nitrogens is 1. The van der Waals surface area contributed by atoms with Crippen LogP contribution in [0.4, 0.5) is 0 Å². The fourth-order valence-electron chi connectivity index (χ4n) is 1.56. The van der Waals surface area contributed by atoms with Crippen molar-refractivity contribution < 1.29 is 10.0 Å². The van der Waals surface area contributed by atoms with Crippen LogP contribution in [0.3, 0.4) is 0 Å². The highest BCUT2D eigenvalue weighted by atomic mass is 16.4. The van der Waals surface area contributed by atoms with Crippen LogP contribution in [0.5, 0.6) is 0 Å². The molecule has 80 valence electrons. The van der Waals surface area contributed by atoms with Crippen LogP contribution >= 0.6 is 0 Å². The fraction of sp³-hybridized carbons (Fsp3) is 0.0833. The molecule has 0 saturated heterocycles. The molecule has 2 N–H and O–H groups in total. The van der Waals surface area contributed by atoms with E-state index in [4.69, 9.17) is 10.0 Å². The molecule has 2 rings (SSSR count). The molecule has 1 aromatic heterocycles. The summed E-state index contributed by atoms with van der Waals surface area (Å²) in [4.78, 5) is 4.12. The van der Waals surface area contributed by atoms with Crippen molar-refractivity contribution in [1.29, 1.82) is 0 Å². The van der Waals surface area contributed by atoms with Crippen LogP contribution in [0.25, 0.3) is 11.1 Å². The van der Waals surface area contributed by atoms with E-state index >= 15 is 0 Å². The Bertz CT molecular complexity index is 483. The van der Waals surface area contributed by atoms with Gasteiger partial charge in [-0.3, -0.25) is 4.98 Å². The summed E-state index contributed by atoms with van der Waals surface area (Å²) in [7, 11) is -1.41. The van der Waals surface area contributed by atoms with E-state index in [0.29, 0.717) is 5.46 Å². The summed E-state index contributed by atoms with van der Waals surface area (Å²) in [5.74, 6) is 0. The van der Waals surface area contributed by atoms with Gasteiger partial charge in [0.25, 0.3) is 0 Å². The third-order valence-electron chi connectivity index (χ3n) is 2.42. The molecular weight excluding hydrogens is 201 g/mol. The summed E-state index contributed by atoms with van der Waals surface area (Å²) in [5, 5.41) is 17.9. The Balaban J connectivity index is 2.35. The van der Waals surface area contributed by atoms with E-state index < -0.39 is 7.12 Å². The number of pyridine rings is 1. The first-order valence-electron chi connectivity index (χ1n) is 5.05. The lowest BCUT2D eigenvalue weighted by Crippen LogP contribution is -2.29. The lowest BCUT2D eigenvalue weighted by molar-refractivity contribution is 0.426. The maximum Gasteiger partial charge on any atom is 0.488 e. The molecular formula is C12H12BNO2. The molecule has 0 aliphatic heterocycles. The van der Waals surface area contributed by atoms with Gasteiger partial charge in [-0.2, -0.15) is 0 Å². The van der Waals surface area contributed by atoms with E-state index in [1.54, 1.807) is 24.5 Å². The predicted octanol–water partition coefficient (Wildman–Crippen LogP) is 0.737. The number of aryl methyl sites for hydroxylation is 1. The van der Waals surface area contributed by atoms with Gasteiger partial charge in [-0.1, -0.05) is 24.3 Å². The van der Waals surface area contributed by atoms with Gasteiger partial charge < -0.3 is 10.0 Å². The van der Waals surface area contributed by atoms with Gasteiger partial charge in [0.05, 0.1) is 0 Å². The van der Waals surface area contributed by atoms with Gasteiger partial charge >= 0.3 is 7.12 Å². The lowest BCUT2D eigenvalue weighted by atomic mass is 9.80. The van der Waals surface area contributed by atoms with E-state index in [1.165, 1.54) is 0 Å². The summed E-state index contributed by atoms with van der Waals surface area (Å²) in [6.07, 6.45) is 3.59. The normalized spacial score (nSPS) is 10.2. The minimum atomic E-state index is -1.41. The number of benzene rings is 1. The molecule has 0 amide bonds. The number of nitrogens with zero attached hydrogens (tertiary/aromatic N) is 1. The summed E-state index contributed by atoms with van der Waals surface area (Å²) in [5.41, 5.74) is 3.63. The highest BCUT2D eigenvalue weighted by Gasteiger charge is 2.09. The molecule has 0 aliphatic carbocycles. The van der Waals surface area contributed by atoms with E-state index in [1.807, 2.05) is 25.1 Å². The summed E-state index contributed by atoms with van der Waals surface area (Å²) in [6, 6.07) is 9.14. The smallest absolute Gasteiger partial charge is 0.423 e. The standard InChI is InChI=1S/C12H12BNO2/c1-9-6-11(8-14-7-9)10-2-4-12(5-3-10)13(15)16/h2-8,15-16H,1H3. The van der Waals surface area contributed by atoms with Crippen LogP contribution in [0.2, 0.25) is 0 Å². The Morgan fingerprint density at radius 3 is 2.25 bits per heavy atom. The van der Waals surface area contributed by atoms with Crippen molar-refractivity contribution in [2.45, 2.75) is 6.92 Å². The molecule has 1 aromatic carbocycles. The Labute approximate surface area is 94.6 Å². The number of rotatable bonds is 2. The van der Waals surface area contributed by atoms with Gasteiger partial charge in [0.1, 0.15) is 0 Å². The van der Waals surface area contributed by atoms with Gasteiger partial charge in [0.2, 0.25) is 0 Å². The second-order valence-corrected chi connectivity index (χ2v) is 3.75. The van der Waals surface area contributed by atoms with E-state index in [0.717, 1.165) is 16.7 Å². The summed E-state index contributed by atoms with van der Waals surface area (Å²) >= 11 is 0. The number of hydrogen-bond donors (Lipinski definition) is 2. The molecule has 1 heterocycles. The molecule has 0 fully saturated rings. The van der Waals surface area contributed by atoms with E-state index in [2.05, 4.69) is 4.98 Å². The van der Waals surface area contributed by atoms with Crippen molar-refractivity contribution in [3.05, 3.63) is 48.3 Å². The molecule has 16 heavy (non-hydrogen) atoms. The van der Waals surface area contributed by atoms with Crippen molar-refractivity contribution in [3.8, 4) is 11.1 Å². The molecule has 0 bridgehead atoms. The Hall–Kier alpha value is -1.65. The summed E-state index contributed by atoms with van der Waals surface area (Å²) in [6.45, 7) is 1.99. The first-order chi connectivity index (χ1) is 7.66. The Morgan fingerprint density at radius 2 is 1.69 bits per heavy atom. The zero-order valence-corrected chi connectivity index (χ0v) is 8.96. The van der Waals surface area contributed by atoms with Gasteiger partial charge in [-0.25, -0.2) is 0 Å². The van der Waals surface area contributed by atoms with Crippen LogP contribution in [-0.4, -0.2) is 22.2 Å². The average molecular weight is 213 g/mol. The molecule has 0 unspecified atom stereocenters. The first-order valence-corrected chi connectivity index (χ1v) is 5.05. The SMILES string of the molecule is Cc1cncc(-c2ccc(B(O)O)cc2)c1. The number of hydrogen-bond acceptors (Lipinski definition) is 3. The topological polar surface area (TPSA) is 53.4 Å². The molecule has 2 aromatic rings. The van der Waals surface area contributed by atoms with Crippen LogP contribution in [0.15, 0.2) is 42.7 Å². The second-order valence-electron chi connectivity index (χ2n) is 3.75. The van der Waals surface area contributed by atoms with Gasteiger partial charge in [-0.15, -0.1) is 0 Å². The molecule has 0 atom stereocenters. The van der Waals surface area contributed by atoms with Crippen LogP contribution < -0.4 is 5.46 Å². The molecule has 0 aliphatic rings. The van der Waals surface area contributed by atoms with E-state index in [9.17, 15) is 0 Å². The van der Waals surface area contributed by atoms with Crippen molar-refractivity contribution >= 4 is 12.6 Å². The quantitative estimate of drug-likeness (QED) is 0.723. The largest absolute Gasteiger partial charge is 0.488 e. The van der Waals surface area contributed by atoms with Gasteiger partial charge in [0, 0.05) is 18.0 Å². The third kappa shape index (κ3) is 2.29. The zero-order valence-electron chi connectivity index (χ0n) is 8.96. The lowest BCUT2D eigenvalue weighted by Gasteiger charge is -2.04. The van der Waals surface area contributed by atoms with Crippen LogP contribution in [-0.2, 0) is 0 Å². The summed E-state index contributed by atoms with van der Waals surface area (Å²) < 4.78 is 0. The minimum Gasteiger partial charge on any atom is -0.423 e. The maximum absolute atomic E-state index is 8.97. The van der Waals surface area contributed by atoms with Crippen molar-refractivity contribution in [3.63, 3.8) is 0 Å². The van der Waals surface area contributed by atoms with Crippen molar-refractivity contribution in [2.24, 2.45) is 0 Å². The maximum atomic E-state index is 8.97. The predicted molar refractivity (Wildman–Crippen MR) is 64.2 cm³/mol. The first kappa shape index (κ1) is 10.9. The Morgan fingerprint density at radius 1 is 1.00 bits per heavy atom. The molecule has 0 spiro atoms. The zero-order chi connectivity index (χ0) is 11.5.